The standard InChI is InChI=1S/C56H34N4O/c1-3-17-36(18-4-1)53-57-54(37-19-5-2-6-20-37)59-55(58-53)38-21-15-22-39(34-38)60-50-40-23-8-7-16-35(40)30-31-43(50)44-32-33-48-52(51(44)60)61-49-29-14-13-28-47(49)56(48)45-26-11-9-24-41(45)42-25-10-12-27-46(42)56/h1-34H. The van der Waals surface area contributed by atoms with Crippen LogP contribution in [0.2, 0.25) is 0 Å². The van der Waals surface area contributed by atoms with Gasteiger partial charge in [-0.25, -0.2) is 15.0 Å². The van der Waals surface area contributed by atoms with Crippen molar-refractivity contribution in [2.45, 2.75) is 5.41 Å². The summed E-state index contributed by atoms with van der Waals surface area (Å²) in [4.78, 5) is 15.2. The number of para-hydroxylation sites is 1. The van der Waals surface area contributed by atoms with Crippen molar-refractivity contribution in [2.24, 2.45) is 0 Å². The van der Waals surface area contributed by atoms with Gasteiger partial charge in [0.2, 0.25) is 0 Å². The molecule has 0 radical (unpaired) electrons. The van der Waals surface area contributed by atoms with E-state index in [2.05, 4.69) is 150 Å². The SMILES string of the molecule is c1ccc(-c2nc(-c3ccccc3)nc(-c3cccc(-n4c5c6c(ccc5c5ccc7ccccc7c54)C4(c5ccccc5O6)c5ccccc5-c5ccccc54)c3)n2)cc1. The first-order chi connectivity index (χ1) is 30.3. The van der Waals surface area contributed by atoms with E-state index >= 15 is 0 Å². The predicted molar refractivity (Wildman–Crippen MR) is 245 cm³/mol. The number of hydrogen-bond acceptors (Lipinski definition) is 4. The van der Waals surface area contributed by atoms with Crippen LogP contribution in [-0.4, -0.2) is 19.5 Å². The van der Waals surface area contributed by atoms with Gasteiger partial charge in [0.1, 0.15) is 5.75 Å². The molecule has 284 valence electrons. The first kappa shape index (κ1) is 33.8. The van der Waals surface area contributed by atoms with Crippen LogP contribution in [0.4, 0.5) is 0 Å². The Bertz CT molecular complexity index is 3470. The summed E-state index contributed by atoms with van der Waals surface area (Å²) in [6.07, 6.45) is 0. The lowest BCUT2D eigenvalue weighted by atomic mass is 9.66. The average molecular weight is 779 g/mol. The third-order valence-electron chi connectivity index (χ3n) is 12.7. The highest BCUT2D eigenvalue weighted by Crippen LogP contribution is 2.63. The maximum Gasteiger partial charge on any atom is 0.164 e. The molecule has 2 aliphatic rings. The summed E-state index contributed by atoms with van der Waals surface area (Å²) in [5, 5.41) is 4.61. The van der Waals surface area contributed by atoms with Crippen LogP contribution in [0.3, 0.4) is 0 Å². The second kappa shape index (κ2) is 12.9. The minimum atomic E-state index is -0.594. The molecule has 9 aromatic carbocycles. The number of nitrogens with zero attached hydrogens (tertiary/aromatic N) is 4. The molecule has 0 bridgehead atoms. The average Bonchev–Trinajstić information content (AvgIpc) is 3.84. The molecule has 0 unspecified atom stereocenters. The highest BCUT2D eigenvalue weighted by atomic mass is 16.5. The van der Waals surface area contributed by atoms with Gasteiger partial charge in [-0.05, 0) is 45.8 Å². The molecule has 5 nitrogen and oxygen atoms in total. The molecule has 0 saturated carbocycles. The molecule has 3 heterocycles. The molecule has 1 spiro atoms. The lowest BCUT2D eigenvalue weighted by Crippen LogP contribution is -2.32. The highest BCUT2D eigenvalue weighted by Gasteiger charge is 2.51. The molecule has 5 heteroatoms. The largest absolute Gasteiger partial charge is 0.454 e. The minimum absolute atomic E-state index is 0.594. The van der Waals surface area contributed by atoms with Gasteiger partial charge in [-0.2, -0.15) is 0 Å². The third-order valence-corrected chi connectivity index (χ3v) is 12.7. The Morgan fingerprint density at radius 3 is 1.62 bits per heavy atom. The summed E-state index contributed by atoms with van der Waals surface area (Å²) >= 11 is 0. The van der Waals surface area contributed by atoms with Crippen LogP contribution in [0, 0.1) is 0 Å². The normalized spacial score (nSPS) is 13.2. The van der Waals surface area contributed by atoms with Gasteiger partial charge in [0, 0.05) is 49.7 Å². The van der Waals surface area contributed by atoms with Crippen LogP contribution >= 0.6 is 0 Å². The fourth-order valence-electron chi connectivity index (χ4n) is 10.2. The van der Waals surface area contributed by atoms with Gasteiger partial charge in [0.15, 0.2) is 23.2 Å². The first-order valence-corrected chi connectivity index (χ1v) is 20.7. The van der Waals surface area contributed by atoms with E-state index in [1.807, 2.05) is 60.7 Å². The van der Waals surface area contributed by atoms with Gasteiger partial charge in [0.25, 0.3) is 0 Å². The van der Waals surface area contributed by atoms with Crippen LogP contribution in [-0.2, 0) is 5.41 Å². The zero-order valence-electron chi connectivity index (χ0n) is 32.8. The van der Waals surface area contributed by atoms with Gasteiger partial charge in [-0.15, -0.1) is 0 Å². The summed E-state index contributed by atoms with van der Waals surface area (Å²) < 4.78 is 9.72. The van der Waals surface area contributed by atoms with E-state index in [9.17, 15) is 0 Å². The van der Waals surface area contributed by atoms with E-state index in [-0.39, 0.29) is 0 Å². The quantitative estimate of drug-likeness (QED) is 0.179. The Balaban J connectivity index is 1.13. The van der Waals surface area contributed by atoms with Crippen LogP contribution in [0.1, 0.15) is 22.3 Å². The maximum absolute atomic E-state index is 7.30. The van der Waals surface area contributed by atoms with Crippen molar-refractivity contribution in [3.63, 3.8) is 0 Å². The summed E-state index contributed by atoms with van der Waals surface area (Å²) in [6.45, 7) is 0. The predicted octanol–water partition coefficient (Wildman–Crippen LogP) is 13.6. The Kier molecular flexibility index (Phi) is 7.16. The topological polar surface area (TPSA) is 52.8 Å². The summed E-state index contributed by atoms with van der Waals surface area (Å²) in [5.74, 6) is 3.57. The van der Waals surface area contributed by atoms with Crippen LogP contribution in [0.15, 0.2) is 206 Å². The van der Waals surface area contributed by atoms with Crippen molar-refractivity contribution in [2.75, 3.05) is 0 Å². The van der Waals surface area contributed by atoms with Crippen molar-refractivity contribution in [3.8, 4) is 62.5 Å². The third kappa shape index (κ3) is 4.80. The molecule has 1 aliphatic carbocycles. The van der Waals surface area contributed by atoms with Crippen molar-refractivity contribution in [1.29, 1.82) is 0 Å². The number of ether oxygens (including phenoxy) is 1. The maximum atomic E-state index is 7.30. The Morgan fingerprint density at radius 1 is 0.377 bits per heavy atom. The molecule has 0 atom stereocenters. The monoisotopic (exact) mass is 778 g/mol. The summed E-state index contributed by atoms with van der Waals surface area (Å²) in [6, 6.07) is 73.1. The second-order valence-electron chi connectivity index (χ2n) is 15.9. The van der Waals surface area contributed by atoms with E-state index in [4.69, 9.17) is 19.7 Å². The number of fused-ring (bicyclic) bond motifs is 15. The van der Waals surface area contributed by atoms with Crippen molar-refractivity contribution in [1.82, 2.24) is 19.5 Å². The van der Waals surface area contributed by atoms with E-state index in [1.165, 1.54) is 27.6 Å². The molecule has 11 aromatic rings. The van der Waals surface area contributed by atoms with E-state index < -0.39 is 5.41 Å². The molecule has 0 amide bonds. The number of benzene rings is 9. The second-order valence-corrected chi connectivity index (χ2v) is 15.9. The van der Waals surface area contributed by atoms with Crippen molar-refractivity contribution < 1.29 is 4.74 Å². The van der Waals surface area contributed by atoms with Gasteiger partial charge >= 0.3 is 0 Å². The van der Waals surface area contributed by atoms with Crippen LogP contribution in [0.5, 0.6) is 11.5 Å². The fourth-order valence-corrected chi connectivity index (χ4v) is 10.2. The number of hydrogen-bond donors (Lipinski definition) is 0. The molecule has 2 aromatic heterocycles. The Hall–Kier alpha value is -8.15. The summed E-state index contributed by atoms with van der Waals surface area (Å²) in [7, 11) is 0. The van der Waals surface area contributed by atoms with Crippen molar-refractivity contribution >= 4 is 32.6 Å². The molecule has 0 N–H and O–H groups in total. The van der Waals surface area contributed by atoms with Crippen molar-refractivity contribution in [3.05, 3.63) is 229 Å². The smallest absolute Gasteiger partial charge is 0.164 e. The molecule has 1 aliphatic heterocycles. The molecule has 61 heavy (non-hydrogen) atoms. The van der Waals surface area contributed by atoms with E-state index in [0.717, 1.165) is 72.2 Å². The molecule has 0 fully saturated rings. The highest BCUT2D eigenvalue weighted by molar-refractivity contribution is 6.20. The molecule has 0 saturated heterocycles. The fraction of sp³-hybridized carbons (Fsp3) is 0.0179. The lowest BCUT2D eigenvalue weighted by Gasteiger charge is -2.39. The van der Waals surface area contributed by atoms with Gasteiger partial charge in [-0.1, -0.05) is 188 Å². The zero-order valence-corrected chi connectivity index (χ0v) is 32.8. The van der Waals surface area contributed by atoms with Gasteiger partial charge in [-0.3, -0.25) is 0 Å². The van der Waals surface area contributed by atoms with E-state index in [1.54, 1.807) is 0 Å². The lowest BCUT2D eigenvalue weighted by molar-refractivity contribution is 0.440. The Morgan fingerprint density at radius 2 is 0.918 bits per heavy atom. The Labute approximate surface area is 351 Å². The minimum Gasteiger partial charge on any atom is -0.454 e. The van der Waals surface area contributed by atoms with Gasteiger partial charge in [0.05, 0.1) is 16.4 Å². The molecular formula is C56H34N4O. The first-order valence-electron chi connectivity index (χ1n) is 20.7. The molecule has 13 rings (SSSR count). The zero-order chi connectivity index (χ0) is 40.1. The number of aromatic nitrogens is 4. The van der Waals surface area contributed by atoms with Crippen LogP contribution < -0.4 is 4.74 Å². The van der Waals surface area contributed by atoms with Crippen LogP contribution in [0.25, 0.3) is 83.6 Å². The van der Waals surface area contributed by atoms with Gasteiger partial charge < -0.3 is 9.30 Å². The molecular weight excluding hydrogens is 745 g/mol. The summed E-state index contributed by atoms with van der Waals surface area (Å²) in [5.41, 5.74) is 12.6. The van der Waals surface area contributed by atoms with E-state index in [0.29, 0.717) is 17.5 Å². The number of rotatable bonds is 4.